The summed E-state index contributed by atoms with van der Waals surface area (Å²) in [4.78, 5) is 4.79. The van der Waals surface area contributed by atoms with Crippen molar-refractivity contribution in [1.29, 1.82) is 0 Å². The molecule has 0 N–H and O–H groups in total. The summed E-state index contributed by atoms with van der Waals surface area (Å²) in [7, 11) is 0. The van der Waals surface area contributed by atoms with Gasteiger partial charge in [-0.2, -0.15) is 0 Å². The van der Waals surface area contributed by atoms with Crippen LogP contribution >= 0.6 is 15.9 Å². The van der Waals surface area contributed by atoms with Crippen LogP contribution < -0.4 is 0 Å². The fourth-order valence-electron chi connectivity index (χ4n) is 2.05. The van der Waals surface area contributed by atoms with Crippen molar-refractivity contribution in [2.24, 2.45) is 5.92 Å². The zero-order chi connectivity index (χ0) is 9.10. The van der Waals surface area contributed by atoms with Gasteiger partial charge >= 0.3 is 0 Å². The second-order valence-electron chi connectivity index (χ2n) is 3.84. The van der Waals surface area contributed by atoms with Gasteiger partial charge in [-0.3, -0.25) is 4.98 Å². The Morgan fingerprint density at radius 3 is 2.69 bits per heavy atom. The number of pyridine rings is 1. The lowest BCUT2D eigenvalue weighted by atomic mass is 9.99. The second-order valence-corrected chi connectivity index (χ2v) is 5.13. The van der Waals surface area contributed by atoms with E-state index in [9.17, 15) is 0 Å². The highest BCUT2D eigenvalue weighted by Crippen LogP contribution is 2.32. The minimum Gasteiger partial charge on any atom is -0.265 e. The molecule has 1 aliphatic rings. The molecule has 2 rings (SSSR count). The van der Waals surface area contributed by atoms with E-state index in [4.69, 9.17) is 0 Å². The summed E-state index contributed by atoms with van der Waals surface area (Å²) in [5, 5.41) is 0. The van der Waals surface area contributed by atoms with Crippen LogP contribution in [-0.4, -0.2) is 9.81 Å². The van der Waals surface area contributed by atoms with Crippen molar-refractivity contribution in [3.8, 4) is 0 Å². The van der Waals surface area contributed by atoms with Gasteiger partial charge in [-0.05, 0) is 49.3 Å². The first kappa shape index (κ1) is 9.20. The number of rotatable bonds is 2. The molecule has 1 aliphatic carbocycles. The van der Waals surface area contributed by atoms with Gasteiger partial charge < -0.3 is 0 Å². The van der Waals surface area contributed by atoms with E-state index in [-0.39, 0.29) is 0 Å². The molecule has 1 aromatic heterocycles. The topological polar surface area (TPSA) is 12.9 Å². The van der Waals surface area contributed by atoms with E-state index in [1.165, 1.54) is 31.2 Å². The van der Waals surface area contributed by atoms with E-state index >= 15 is 0 Å². The van der Waals surface area contributed by atoms with Gasteiger partial charge in [-0.15, -0.1) is 0 Å². The van der Waals surface area contributed by atoms with Crippen molar-refractivity contribution in [2.75, 3.05) is 0 Å². The lowest BCUT2D eigenvalue weighted by molar-refractivity contribution is 0.548. The van der Waals surface area contributed by atoms with Gasteiger partial charge in [-0.1, -0.05) is 15.9 Å². The van der Waals surface area contributed by atoms with Crippen molar-refractivity contribution in [2.45, 2.75) is 30.5 Å². The number of nitrogens with zero attached hydrogens (tertiary/aromatic N) is 1. The first-order valence-electron chi connectivity index (χ1n) is 4.87. The normalized spacial score (nSPS) is 27.8. The Kier molecular flexibility index (Phi) is 2.99. The smallest absolute Gasteiger partial charge is 0.0270 e. The van der Waals surface area contributed by atoms with Gasteiger partial charge in [0.25, 0.3) is 0 Å². The summed E-state index contributed by atoms with van der Waals surface area (Å²) < 4.78 is 0. The lowest BCUT2D eigenvalue weighted by Gasteiger charge is -2.08. The van der Waals surface area contributed by atoms with Crippen molar-refractivity contribution in [3.63, 3.8) is 0 Å². The van der Waals surface area contributed by atoms with Crippen LogP contribution in [0.3, 0.4) is 0 Å². The molecule has 2 heteroatoms. The Labute approximate surface area is 87.7 Å². The van der Waals surface area contributed by atoms with Crippen LogP contribution in [0.15, 0.2) is 24.5 Å². The molecule has 13 heavy (non-hydrogen) atoms. The van der Waals surface area contributed by atoms with E-state index in [1.54, 1.807) is 0 Å². The third-order valence-corrected chi connectivity index (χ3v) is 3.58. The number of aromatic nitrogens is 1. The molecule has 2 atom stereocenters. The van der Waals surface area contributed by atoms with Crippen LogP contribution in [0.1, 0.15) is 24.8 Å². The molecule has 0 saturated heterocycles. The van der Waals surface area contributed by atoms with Crippen LogP contribution in [0, 0.1) is 5.92 Å². The number of alkyl halides is 1. The van der Waals surface area contributed by atoms with E-state index in [2.05, 4.69) is 33.0 Å². The summed E-state index contributed by atoms with van der Waals surface area (Å²) in [5.74, 6) is 0.881. The van der Waals surface area contributed by atoms with Gasteiger partial charge in [-0.25, -0.2) is 0 Å². The zero-order valence-corrected chi connectivity index (χ0v) is 9.20. The maximum absolute atomic E-state index is 4.03. The first-order chi connectivity index (χ1) is 6.34. The van der Waals surface area contributed by atoms with E-state index in [0.717, 1.165) is 10.7 Å². The molecule has 70 valence electrons. The highest BCUT2D eigenvalue weighted by atomic mass is 79.9. The van der Waals surface area contributed by atoms with Crippen molar-refractivity contribution in [3.05, 3.63) is 30.1 Å². The van der Waals surface area contributed by atoms with Gasteiger partial charge in [0.1, 0.15) is 0 Å². The maximum atomic E-state index is 4.03. The standard InChI is InChI=1S/C11H14BrN/c12-11-2-1-10(8-11)7-9-3-5-13-6-4-9/h3-6,10-11H,1-2,7-8H2. The molecule has 0 aromatic carbocycles. The first-order valence-corrected chi connectivity index (χ1v) is 5.79. The molecule has 0 aliphatic heterocycles. The number of halogens is 1. The van der Waals surface area contributed by atoms with Crippen LogP contribution in [0.2, 0.25) is 0 Å². The fraction of sp³-hybridized carbons (Fsp3) is 0.545. The molecule has 1 fully saturated rings. The van der Waals surface area contributed by atoms with Crippen LogP contribution in [0.4, 0.5) is 0 Å². The largest absolute Gasteiger partial charge is 0.265 e. The average molecular weight is 240 g/mol. The van der Waals surface area contributed by atoms with Crippen LogP contribution in [-0.2, 0) is 6.42 Å². The highest BCUT2D eigenvalue weighted by Gasteiger charge is 2.22. The highest BCUT2D eigenvalue weighted by molar-refractivity contribution is 9.09. The third-order valence-electron chi connectivity index (χ3n) is 2.75. The maximum Gasteiger partial charge on any atom is 0.0270 e. The minimum absolute atomic E-state index is 0.763. The predicted molar refractivity (Wildman–Crippen MR) is 58.0 cm³/mol. The van der Waals surface area contributed by atoms with Gasteiger partial charge in [0.2, 0.25) is 0 Å². The van der Waals surface area contributed by atoms with Gasteiger partial charge in [0.05, 0.1) is 0 Å². The van der Waals surface area contributed by atoms with Crippen LogP contribution in [0.5, 0.6) is 0 Å². The Morgan fingerprint density at radius 2 is 2.08 bits per heavy atom. The minimum atomic E-state index is 0.763. The molecule has 1 nitrogen and oxygen atoms in total. The Bertz CT molecular complexity index is 260. The molecular weight excluding hydrogens is 226 g/mol. The van der Waals surface area contributed by atoms with Gasteiger partial charge in [0.15, 0.2) is 0 Å². The Balaban J connectivity index is 1.92. The molecule has 1 heterocycles. The molecule has 0 radical (unpaired) electrons. The van der Waals surface area contributed by atoms with Crippen molar-refractivity contribution >= 4 is 15.9 Å². The van der Waals surface area contributed by atoms with Gasteiger partial charge in [0, 0.05) is 17.2 Å². The predicted octanol–water partition coefficient (Wildman–Crippen LogP) is 3.19. The second kappa shape index (κ2) is 4.23. The quantitative estimate of drug-likeness (QED) is 0.723. The summed E-state index contributed by atoms with van der Waals surface area (Å²) >= 11 is 3.68. The third kappa shape index (κ3) is 2.53. The SMILES string of the molecule is BrC1CCC(Cc2ccncc2)C1. The van der Waals surface area contributed by atoms with Crippen molar-refractivity contribution in [1.82, 2.24) is 4.98 Å². The molecule has 1 saturated carbocycles. The molecular formula is C11H14BrN. The Morgan fingerprint density at radius 1 is 1.31 bits per heavy atom. The van der Waals surface area contributed by atoms with Crippen molar-refractivity contribution < 1.29 is 0 Å². The molecule has 0 amide bonds. The van der Waals surface area contributed by atoms with E-state index in [0.29, 0.717) is 0 Å². The summed E-state index contributed by atoms with van der Waals surface area (Å²) in [5.41, 5.74) is 1.43. The molecule has 1 aromatic rings. The monoisotopic (exact) mass is 239 g/mol. The number of hydrogen-bond donors (Lipinski definition) is 0. The Hall–Kier alpha value is -0.370. The summed E-state index contributed by atoms with van der Waals surface area (Å²) in [6.45, 7) is 0. The molecule has 0 bridgehead atoms. The number of hydrogen-bond acceptors (Lipinski definition) is 1. The summed E-state index contributed by atoms with van der Waals surface area (Å²) in [6, 6.07) is 4.25. The zero-order valence-electron chi connectivity index (χ0n) is 7.62. The van der Waals surface area contributed by atoms with E-state index in [1.807, 2.05) is 12.4 Å². The molecule has 0 spiro atoms. The van der Waals surface area contributed by atoms with Crippen LogP contribution in [0.25, 0.3) is 0 Å². The fourth-order valence-corrected chi connectivity index (χ4v) is 2.84. The average Bonchev–Trinajstić information content (AvgIpc) is 2.53. The van der Waals surface area contributed by atoms with E-state index < -0.39 is 0 Å². The lowest BCUT2D eigenvalue weighted by Crippen LogP contribution is -2.00. The summed E-state index contributed by atoms with van der Waals surface area (Å²) in [6.07, 6.45) is 9.05. The molecule has 2 unspecified atom stereocenters.